The van der Waals surface area contributed by atoms with Crippen molar-refractivity contribution in [3.05, 3.63) is 29.6 Å². The highest BCUT2D eigenvalue weighted by Gasteiger charge is 2.04. The third kappa shape index (κ3) is 4.22. The molecule has 1 nitrogen and oxygen atoms in total. The fourth-order valence-electron chi connectivity index (χ4n) is 1.30. The van der Waals surface area contributed by atoms with Crippen LogP contribution in [0.25, 0.3) is 0 Å². The zero-order chi connectivity index (χ0) is 11.3. The van der Waals surface area contributed by atoms with Crippen LogP contribution in [0.5, 0.6) is 0 Å². The molecule has 1 aromatic carbocycles. The largest absolute Gasteiger partial charge is 0.310 e. The van der Waals surface area contributed by atoms with E-state index in [0.717, 1.165) is 17.9 Å². The van der Waals surface area contributed by atoms with Gasteiger partial charge in [-0.3, -0.25) is 0 Å². The van der Waals surface area contributed by atoms with Crippen molar-refractivity contribution in [1.82, 2.24) is 5.32 Å². The van der Waals surface area contributed by atoms with Gasteiger partial charge in [0, 0.05) is 17.5 Å². The summed E-state index contributed by atoms with van der Waals surface area (Å²) >= 11 is 1.76. The summed E-state index contributed by atoms with van der Waals surface area (Å²) in [6.45, 7) is 7.02. The Morgan fingerprint density at radius 3 is 2.73 bits per heavy atom. The van der Waals surface area contributed by atoms with E-state index in [0.29, 0.717) is 6.04 Å². The number of halogens is 1. The Morgan fingerprint density at radius 1 is 1.40 bits per heavy atom. The zero-order valence-corrected chi connectivity index (χ0v) is 10.3. The van der Waals surface area contributed by atoms with Crippen molar-refractivity contribution < 1.29 is 4.39 Å². The second-order valence-electron chi connectivity index (χ2n) is 3.72. The van der Waals surface area contributed by atoms with Crippen molar-refractivity contribution in [3.63, 3.8) is 0 Å². The van der Waals surface area contributed by atoms with Gasteiger partial charge in [0.1, 0.15) is 5.82 Å². The van der Waals surface area contributed by atoms with Crippen LogP contribution in [-0.4, -0.2) is 11.8 Å². The molecule has 3 heteroatoms. The summed E-state index contributed by atoms with van der Waals surface area (Å²) < 4.78 is 13.1. The van der Waals surface area contributed by atoms with Gasteiger partial charge in [0.2, 0.25) is 0 Å². The number of hydrogen-bond acceptors (Lipinski definition) is 2. The Kier molecular flexibility index (Phi) is 5.12. The van der Waals surface area contributed by atoms with E-state index in [2.05, 4.69) is 26.1 Å². The topological polar surface area (TPSA) is 12.0 Å². The fourth-order valence-corrected chi connectivity index (χ4v) is 2.09. The minimum atomic E-state index is -0.156. The van der Waals surface area contributed by atoms with E-state index in [1.807, 2.05) is 6.07 Å². The lowest BCUT2D eigenvalue weighted by Gasteiger charge is -2.11. The standard InChI is InChI=1S/C12H18FNS/c1-4-15-12-6-5-11(13)7-10(12)8-14-9(2)3/h5-7,9,14H,4,8H2,1-3H3. The molecule has 0 radical (unpaired) electrons. The van der Waals surface area contributed by atoms with Gasteiger partial charge in [-0.1, -0.05) is 20.8 Å². The summed E-state index contributed by atoms with van der Waals surface area (Å²) in [6.07, 6.45) is 0. The molecule has 0 unspecified atom stereocenters. The molecular weight excluding hydrogens is 209 g/mol. The first-order valence-electron chi connectivity index (χ1n) is 5.28. The predicted molar refractivity (Wildman–Crippen MR) is 64.8 cm³/mol. The van der Waals surface area contributed by atoms with Crippen LogP contribution < -0.4 is 5.32 Å². The van der Waals surface area contributed by atoms with Crippen LogP contribution in [0.2, 0.25) is 0 Å². The normalized spacial score (nSPS) is 11.0. The van der Waals surface area contributed by atoms with Gasteiger partial charge in [0.05, 0.1) is 0 Å². The van der Waals surface area contributed by atoms with E-state index in [4.69, 9.17) is 0 Å². The molecule has 0 aliphatic heterocycles. The predicted octanol–water partition coefficient (Wildman–Crippen LogP) is 3.44. The summed E-state index contributed by atoms with van der Waals surface area (Å²) in [5.74, 6) is 0.858. The van der Waals surface area contributed by atoms with E-state index >= 15 is 0 Å². The lowest BCUT2D eigenvalue weighted by Crippen LogP contribution is -2.22. The van der Waals surface area contributed by atoms with Crippen LogP contribution in [0.3, 0.4) is 0 Å². The summed E-state index contributed by atoms with van der Waals surface area (Å²) in [6, 6.07) is 5.43. The van der Waals surface area contributed by atoms with E-state index in [9.17, 15) is 4.39 Å². The van der Waals surface area contributed by atoms with Crippen molar-refractivity contribution in [2.75, 3.05) is 5.75 Å². The second-order valence-corrected chi connectivity index (χ2v) is 5.03. The monoisotopic (exact) mass is 227 g/mol. The Bertz CT molecular complexity index is 312. The average Bonchev–Trinajstić information content (AvgIpc) is 2.18. The molecule has 0 atom stereocenters. The first-order valence-corrected chi connectivity index (χ1v) is 6.26. The van der Waals surface area contributed by atoms with Gasteiger partial charge in [-0.15, -0.1) is 11.8 Å². The highest BCUT2D eigenvalue weighted by Crippen LogP contribution is 2.23. The molecule has 84 valence electrons. The number of rotatable bonds is 5. The lowest BCUT2D eigenvalue weighted by molar-refractivity contribution is 0.576. The Hall–Kier alpha value is -0.540. The minimum absolute atomic E-state index is 0.156. The van der Waals surface area contributed by atoms with Gasteiger partial charge in [-0.25, -0.2) is 4.39 Å². The summed E-state index contributed by atoms with van der Waals surface area (Å²) in [7, 11) is 0. The molecule has 0 saturated heterocycles. The van der Waals surface area contributed by atoms with Gasteiger partial charge >= 0.3 is 0 Å². The molecular formula is C12H18FNS. The van der Waals surface area contributed by atoms with Gasteiger partial charge < -0.3 is 5.32 Å². The zero-order valence-electron chi connectivity index (χ0n) is 9.51. The van der Waals surface area contributed by atoms with Crippen LogP contribution in [-0.2, 0) is 6.54 Å². The molecule has 0 amide bonds. The maximum atomic E-state index is 13.1. The Balaban J connectivity index is 2.77. The minimum Gasteiger partial charge on any atom is -0.310 e. The maximum Gasteiger partial charge on any atom is 0.123 e. The highest BCUT2D eigenvalue weighted by atomic mass is 32.2. The number of hydrogen-bond donors (Lipinski definition) is 1. The van der Waals surface area contributed by atoms with Crippen LogP contribution in [0.1, 0.15) is 26.3 Å². The van der Waals surface area contributed by atoms with E-state index in [1.165, 1.54) is 11.0 Å². The highest BCUT2D eigenvalue weighted by molar-refractivity contribution is 7.99. The molecule has 0 heterocycles. The van der Waals surface area contributed by atoms with Gasteiger partial charge in [-0.05, 0) is 29.5 Å². The molecule has 1 N–H and O–H groups in total. The average molecular weight is 227 g/mol. The SMILES string of the molecule is CCSc1ccc(F)cc1CNC(C)C. The number of thioether (sulfide) groups is 1. The van der Waals surface area contributed by atoms with E-state index in [-0.39, 0.29) is 5.82 Å². The second kappa shape index (κ2) is 6.13. The van der Waals surface area contributed by atoms with Gasteiger partial charge in [0.15, 0.2) is 0 Å². The summed E-state index contributed by atoms with van der Waals surface area (Å²) in [5.41, 5.74) is 1.05. The molecule has 1 rings (SSSR count). The molecule has 15 heavy (non-hydrogen) atoms. The van der Waals surface area contributed by atoms with Crippen LogP contribution in [0, 0.1) is 5.82 Å². The molecule has 0 saturated carbocycles. The summed E-state index contributed by atoms with van der Waals surface area (Å²) in [4.78, 5) is 1.17. The number of benzene rings is 1. The van der Waals surface area contributed by atoms with Gasteiger partial charge in [-0.2, -0.15) is 0 Å². The van der Waals surface area contributed by atoms with Crippen LogP contribution in [0.4, 0.5) is 4.39 Å². The van der Waals surface area contributed by atoms with Crippen molar-refractivity contribution in [2.45, 2.75) is 38.3 Å². The van der Waals surface area contributed by atoms with Gasteiger partial charge in [0.25, 0.3) is 0 Å². The third-order valence-corrected chi connectivity index (χ3v) is 3.02. The molecule has 0 fully saturated rings. The van der Waals surface area contributed by atoms with E-state index < -0.39 is 0 Å². The van der Waals surface area contributed by atoms with Crippen molar-refractivity contribution in [3.8, 4) is 0 Å². The maximum absolute atomic E-state index is 13.1. The molecule has 0 spiro atoms. The smallest absolute Gasteiger partial charge is 0.123 e. The van der Waals surface area contributed by atoms with Crippen molar-refractivity contribution in [1.29, 1.82) is 0 Å². The molecule has 0 aliphatic rings. The molecule has 0 bridgehead atoms. The van der Waals surface area contributed by atoms with Crippen LogP contribution >= 0.6 is 11.8 Å². The summed E-state index contributed by atoms with van der Waals surface area (Å²) in [5, 5.41) is 3.31. The third-order valence-electron chi connectivity index (χ3n) is 2.02. The lowest BCUT2D eigenvalue weighted by atomic mass is 10.2. The van der Waals surface area contributed by atoms with E-state index in [1.54, 1.807) is 17.8 Å². The molecule has 0 aliphatic carbocycles. The van der Waals surface area contributed by atoms with Crippen LogP contribution in [0.15, 0.2) is 23.1 Å². The van der Waals surface area contributed by atoms with Crippen molar-refractivity contribution in [2.24, 2.45) is 0 Å². The Labute approximate surface area is 95.5 Å². The first-order chi connectivity index (χ1) is 7.13. The molecule has 1 aromatic rings. The first kappa shape index (κ1) is 12.5. The van der Waals surface area contributed by atoms with Crippen molar-refractivity contribution >= 4 is 11.8 Å². The quantitative estimate of drug-likeness (QED) is 0.773. The molecule has 0 aromatic heterocycles. The fraction of sp³-hybridized carbons (Fsp3) is 0.500. The Morgan fingerprint density at radius 2 is 2.13 bits per heavy atom. The number of nitrogens with one attached hydrogen (secondary N) is 1.